The molecule has 0 spiro atoms. The number of anilines is 1. The van der Waals surface area contributed by atoms with Gasteiger partial charge in [0.05, 0.1) is 11.4 Å². The molecule has 3 amide bonds. The highest BCUT2D eigenvalue weighted by atomic mass is 32.1. The molecule has 2 N–H and O–H groups in total. The van der Waals surface area contributed by atoms with Gasteiger partial charge < -0.3 is 10.6 Å². The van der Waals surface area contributed by atoms with Crippen LogP contribution < -0.4 is 15.5 Å². The molecule has 1 aliphatic rings. The number of thiophene rings is 2. The van der Waals surface area contributed by atoms with Gasteiger partial charge in [0.15, 0.2) is 0 Å². The maximum atomic E-state index is 13.5. The highest BCUT2D eigenvalue weighted by Gasteiger charge is 2.35. The molecule has 2 heterocycles. The van der Waals surface area contributed by atoms with Gasteiger partial charge in [-0.1, -0.05) is 43.2 Å². The number of hydrogen-bond acceptors (Lipinski definition) is 5. The maximum absolute atomic E-state index is 13.5. The number of nitrogens with one attached hydrogen (secondary N) is 2. The second kappa shape index (κ2) is 10.6. The van der Waals surface area contributed by atoms with Crippen LogP contribution in [0.25, 0.3) is 0 Å². The quantitative estimate of drug-likeness (QED) is 0.516. The van der Waals surface area contributed by atoms with Gasteiger partial charge in [0.25, 0.3) is 5.91 Å². The number of hydrogen-bond donors (Lipinski definition) is 2. The van der Waals surface area contributed by atoms with Crippen LogP contribution in [-0.2, 0) is 9.59 Å². The molecule has 6 nitrogen and oxygen atoms in total. The molecular weight excluding hydrogens is 442 g/mol. The zero-order valence-corrected chi connectivity index (χ0v) is 19.2. The molecule has 166 valence electrons. The molecular formula is C24H25N3O3S2. The van der Waals surface area contributed by atoms with Crippen LogP contribution in [0.5, 0.6) is 0 Å². The SMILES string of the molecule is O=C(NCC(=O)N(c1ccccc1)[C@@H](C(=O)NC1CCCC1)c1cccs1)c1cccs1. The second-order valence-corrected chi connectivity index (χ2v) is 9.59. The zero-order valence-electron chi connectivity index (χ0n) is 17.5. The molecule has 0 unspecified atom stereocenters. The van der Waals surface area contributed by atoms with Crippen LogP contribution in [0, 0.1) is 0 Å². The first-order valence-corrected chi connectivity index (χ1v) is 12.4. The second-order valence-electron chi connectivity index (χ2n) is 7.67. The van der Waals surface area contributed by atoms with Crippen molar-refractivity contribution in [1.29, 1.82) is 0 Å². The number of amides is 3. The van der Waals surface area contributed by atoms with Gasteiger partial charge in [0.1, 0.15) is 6.04 Å². The van der Waals surface area contributed by atoms with Gasteiger partial charge in [-0.2, -0.15) is 0 Å². The van der Waals surface area contributed by atoms with Crippen molar-refractivity contribution >= 4 is 46.1 Å². The molecule has 1 fully saturated rings. The monoisotopic (exact) mass is 467 g/mol. The molecule has 2 aromatic heterocycles. The van der Waals surface area contributed by atoms with Gasteiger partial charge in [-0.05, 0) is 47.9 Å². The van der Waals surface area contributed by atoms with Crippen molar-refractivity contribution in [1.82, 2.24) is 10.6 Å². The fourth-order valence-electron chi connectivity index (χ4n) is 3.93. The highest BCUT2D eigenvalue weighted by Crippen LogP contribution is 2.31. The lowest BCUT2D eigenvalue weighted by atomic mass is 10.1. The van der Waals surface area contributed by atoms with Gasteiger partial charge in [0.2, 0.25) is 11.8 Å². The number of carbonyl (C=O) groups is 3. The summed E-state index contributed by atoms with van der Waals surface area (Å²) in [5.74, 6) is -0.841. The van der Waals surface area contributed by atoms with Crippen LogP contribution in [0.1, 0.15) is 46.3 Å². The van der Waals surface area contributed by atoms with E-state index in [1.165, 1.54) is 27.6 Å². The van der Waals surface area contributed by atoms with Crippen molar-refractivity contribution in [2.24, 2.45) is 0 Å². The predicted molar refractivity (Wildman–Crippen MR) is 128 cm³/mol. The first-order chi connectivity index (χ1) is 15.6. The summed E-state index contributed by atoms with van der Waals surface area (Å²) < 4.78 is 0. The Kier molecular flexibility index (Phi) is 7.34. The highest BCUT2D eigenvalue weighted by molar-refractivity contribution is 7.12. The van der Waals surface area contributed by atoms with Crippen LogP contribution in [0.15, 0.2) is 65.4 Å². The number of para-hydroxylation sites is 1. The minimum atomic E-state index is -0.802. The van der Waals surface area contributed by atoms with Crippen molar-refractivity contribution in [3.05, 3.63) is 75.1 Å². The largest absolute Gasteiger partial charge is 0.351 e. The average molecular weight is 468 g/mol. The fraction of sp³-hybridized carbons (Fsp3) is 0.292. The molecule has 1 aromatic carbocycles. The third-order valence-corrected chi connectivity index (χ3v) is 7.26. The Morgan fingerprint density at radius 1 is 0.938 bits per heavy atom. The first-order valence-electron chi connectivity index (χ1n) is 10.7. The molecule has 4 rings (SSSR count). The van der Waals surface area contributed by atoms with Gasteiger partial charge >= 0.3 is 0 Å². The third-order valence-electron chi connectivity index (χ3n) is 5.47. The Hall–Kier alpha value is -2.97. The molecule has 32 heavy (non-hydrogen) atoms. The minimum absolute atomic E-state index is 0.135. The van der Waals surface area contributed by atoms with Crippen molar-refractivity contribution in [3.8, 4) is 0 Å². The van der Waals surface area contributed by atoms with E-state index in [2.05, 4.69) is 10.6 Å². The lowest BCUT2D eigenvalue weighted by Crippen LogP contribution is -2.48. The number of carbonyl (C=O) groups excluding carboxylic acids is 3. The molecule has 1 aliphatic carbocycles. The van der Waals surface area contributed by atoms with E-state index in [9.17, 15) is 14.4 Å². The molecule has 0 saturated heterocycles. The number of rotatable bonds is 8. The molecule has 8 heteroatoms. The van der Waals surface area contributed by atoms with E-state index in [1.807, 2.05) is 53.2 Å². The van der Waals surface area contributed by atoms with Gasteiger partial charge in [0, 0.05) is 16.6 Å². The normalized spacial score (nSPS) is 14.6. The van der Waals surface area contributed by atoms with E-state index in [-0.39, 0.29) is 30.3 Å². The molecule has 1 saturated carbocycles. The van der Waals surface area contributed by atoms with E-state index < -0.39 is 6.04 Å². The summed E-state index contributed by atoms with van der Waals surface area (Å²) in [6.07, 6.45) is 4.12. The number of benzene rings is 1. The van der Waals surface area contributed by atoms with Crippen molar-refractivity contribution in [2.75, 3.05) is 11.4 Å². The third kappa shape index (κ3) is 5.26. The maximum Gasteiger partial charge on any atom is 0.261 e. The van der Waals surface area contributed by atoms with Crippen LogP contribution in [0.2, 0.25) is 0 Å². The van der Waals surface area contributed by atoms with E-state index in [1.54, 1.807) is 12.1 Å². The predicted octanol–water partition coefficient (Wildman–Crippen LogP) is 4.37. The van der Waals surface area contributed by atoms with Crippen molar-refractivity contribution < 1.29 is 14.4 Å². The fourth-order valence-corrected chi connectivity index (χ4v) is 5.39. The summed E-state index contributed by atoms with van der Waals surface area (Å²) in [4.78, 5) is 42.1. The van der Waals surface area contributed by atoms with Crippen molar-refractivity contribution in [3.63, 3.8) is 0 Å². The number of nitrogens with zero attached hydrogens (tertiary/aromatic N) is 1. The van der Waals surface area contributed by atoms with Gasteiger partial charge in [-0.25, -0.2) is 0 Å². The summed E-state index contributed by atoms with van der Waals surface area (Å²) >= 11 is 2.75. The Balaban J connectivity index is 1.61. The topological polar surface area (TPSA) is 78.5 Å². The molecule has 0 radical (unpaired) electrons. The zero-order chi connectivity index (χ0) is 22.3. The average Bonchev–Trinajstić information content (AvgIpc) is 3.59. The molecule has 3 aromatic rings. The summed E-state index contributed by atoms with van der Waals surface area (Å²) in [5, 5.41) is 9.56. The Labute approximate surface area is 195 Å². The van der Waals surface area contributed by atoms with Crippen LogP contribution in [0.4, 0.5) is 5.69 Å². The lowest BCUT2D eigenvalue weighted by Gasteiger charge is -2.31. The van der Waals surface area contributed by atoms with Gasteiger partial charge in [-0.3, -0.25) is 19.3 Å². The smallest absolute Gasteiger partial charge is 0.261 e. The van der Waals surface area contributed by atoms with E-state index in [0.717, 1.165) is 30.6 Å². The molecule has 1 atom stereocenters. The summed E-state index contributed by atoms with van der Waals surface area (Å²) in [6.45, 7) is -0.204. The van der Waals surface area contributed by atoms with E-state index in [4.69, 9.17) is 0 Å². The minimum Gasteiger partial charge on any atom is -0.351 e. The summed E-state index contributed by atoms with van der Waals surface area (Å²) in [5.41, 5.74) is 0.614. The Bertz CT molecular complexity index is 1030. The summed E-state index contributed by atoms with van der Waals surface area (Å²) in [7, 11) is 0. The van der Waals surface area contributed by atoms with Crippen LogP contribution >= 0.6 is 22.7 Å². The summed E-state index contributed by atoms with van der Waals surface area (Å²) in [6, 6.07) is 15.7. The van der Waals surface area contributed by atoms with E-state index in [0.29, 0.717) is 10.6 Å². The van der Waals surface area contributed by atoms with Crippen LogP contribution in [-0.4, -0.2) is 30.3 Å². The first kappa shape index (κ1) is 22.2. The van der Waals surface area contributed by atoms with Crippen molar-refractivity contribution in [2.45, 2.75) is 37.8 Å². The lowest BCUT2D eigenvalue weighted by molar-refractivity contribution is -0.126. The molecule has 0 bridgehead atoms. The Morgan fingerprint density at radius 3 is 2.31 bits per heavy atom. The van der Waals surface area contributed by atoms with E-state index >= 15 is 0 Å². The molecule has 0 aliphatic heterocycles. The van der Waals surface area contributed by atoms with Crippen LogP contribution in [0.3, 0.4) is 0 Å². The van der Waals surface area contributed by atoms with Gasteiger partial charge in [-0.15, -0.1) is 22.7 Å². The standard InChI is InChI=1S/C24H25N3O3S2/c28-21(16-25-23(29)20-13-7-15-32-20)27(18-10-2-1-3-11-18)22(19-12-6-14-31-19)24(30)26-17-8-4-5-9-17/h1-3,6-7,10-15,17,22H,4-5,8-9,16H2,(H,25,29)(H,26,30)/t22-/m1/s1. The Morgan fingerprint density at radius 2 is 1.66 bits per heavy atom.